The SMILES string of the molecule is CCCCCCCCCCCCCCCCOCC1(COCc2ccc(OC)cc2)COC(c2ccccc2)OC1. The van der Waals surface area contributed by atoms with Gasteiger partial charge in [-0.05, 0) is 24.1 Å². The molecule has 230 valence electrons. The lowest BCUT2D eigenvalue weighted by Gasteiger charge is -2.39. The Morgan fingerprint density at radius 2 is 1.20 bits per heavy atom. The zero-order valence-corrected chi connectivity index (χ0v) is 26.0. The monoisotopic (exact) mass is 568 g/mol. The molecule has 0 atom stereocenters. The second kappa shape index (κ2) is 20.9. The maximum atomic E-state index is 6.20. The van der Waals surface area contributed by atoms with E-state index in [1.807, 2.05) is 54.6 Å². The Balaban J connectivity index is 1.29. The fourth-order valence-electron chi connectivity index (χ4n) is 5.40. The molecule has 5 nitrogen and oxygen atoms in total. The number of rotatable bonds is 23. The minimum absolute atomic E-state index is 0.312. The molecule has 2 aromatic carbocycles. The lowest BCUT2D eigenvalue weighted by atomic mass is 9.91. The van der Waals surface area contributed by atoms with E-state index in [1.165, 1.54) is 83.5 Å². The van der Waals surface area contributed by atoms with Crippen LogP contribution in [0.5, 0.6) is 5.75 Å². The summed E-state index contributed by atoms with van der Waals surface area (Å²) >= 11 is 0. The first-order valence-electron chi connectivity index (χ1n) is 16.3. The molecule has 0 amide bonds. The van der Waals surface area contributed by atoms with Crippen molar-refractivity contribution in [3.63, 3.8) is 0 Å². The van der Waals surface area contributed by atoms with Crippen LogP contribution in [-0.2, 0) is 25.6 Å². The molecular weight excluding hydrogens is 512 g/mol. The Kier molecular flexibility index (Phi) is 17.1. The summed E-state index contributed by atoms with van der Waals surface area (Å²) in [5, 5.41) is 0. The molecule has 1 aliphatic heterocycles. The Hall–Kier alpha value is -1.92. The predicted molar refractivity (Wildman–Crippen MR) is 167 cm³/mol. The third-order valence-electron chi connectivity index (χ3n) is 8.04. The summed E-state index contributed by atoms with van der Waals surface area (Å²) in [6, 6.07) is 18.1. The minimum atomic E-state index is -0.336. The van der Waals surface area contributed by atoms with Crippen molar-refractivity contribution >= 4 is 0 Å². The van der Waals surface area contributed by atoms with Crippen LogP contribution in [0.1, 0.15) is 114 Å². The summed E-state index contributed by atoms with van der Waals surface area (Å²) in [6.45, 7) is 5.80. The van der Waals surface area contributed by atoms with E-state index in [0.717, 1.165) is 29.9 Å². The van der Waals surface area contributed by atoms with E-state index in [1.54, 1.807) is 7.11 Å². The summed E-state index contributed by atoms with van der Waals surface area (Å²) < 4.78 is 30.0. The molecule has 0 spiro atoms. The topological polar surface area (TPSA) is 46.2 Å². The van der Waals surface area contributed by atoms with Crippen molar-refractivity contribution in [2.75, 3.05) is 40.1 Å². The molecule has 0 saturated carbocycles. The molecule has 0 aliphatic carbocycles. The molecule has 1 fully saturated rings. The molecule has 0 N–H and O–H groups in total. The lowest BCUT2D eigenvalue weighted by Crippen LogP contribution is -2.46. The second-order valence-electron chi connectivity index (χ2n) is 11.9. The van der Waals surface area contributed by atoms with Crippen molar-refractivity contribution in [1.29, 1.82) is 0 Å². The highest BCUT2D eigenvalue weighted by atomic mass is 16.7. The summed E-state index contributed by atoms with van der Waals surface area (Å²) in [6.07, 6.45) is 18.7. The number of hydrogen-bond acceptors (Lipinski definition) is 5. The van der Waals surface area contributed by atoms with Crippen molar-refractivity contribution < 1.29 is 23.7 Å². The smallest absolute Gasteiger partial charge is 0.183 e. The molecule has 0 aromatic heterocycles. The van der Waals surface area contributed by atoms with E-state index < -0.39 is 0 Å². The van der Waals surface area contributed by atoms with Gasteiger partial charge in [0.2, 0.25) is 0 Å². The molecule has 5 heteroatoms. The second-order valence-corrected chi connectivity index (χ2v) is 11.9. The van der Waals surface area contributed by atoms with Gasteiger partial charge in [0.1, 0.15) is 5.75 Å². The largest absolute Gasteiger partial charge is 0.497 e. The van der Waals surface area contributed by atoms with Crippen LogP contribution < -0.4 is 4.74 Å². The van der Waals surface area contributed by atoms with Gasteiger partial charge in [0.05, 0.1) is 45.6 Å². The van der Waals surface area contributed by atoms with Crippen LogP contribution in [0.15, 0.2) is 54.6 Å². The van der Waals surface area contributed by atoms with Crippen molar-refractivity contribution in [3.05, 3.63) is 65.7 Å². The van der Waals surface area contributed by atoms with E-state index in [2.05, 4.69) is 6.92 Å². The highest BCUT2D eigenvalue weighted by Gasteiger charge is 2.38. The van der Waals surface area contributed by atoms with Crippen molar-refractivity contribution in [2.45, 2.75) is 110 Å². The Labute approximate surface area is 250 Å². The third-order valence-corrected chi connectivity index (χ3v) is 8.04. The van der Waals surface area contributed by atoms with Crippen LogP contribution in [0, 0.1) is 5.41 Å². The summed E-state index contributed by atoms with van der Waals surface area (Å²) in [7, 11) is 1.68. The average molecular weight is 569 g/mol. The first-order valence-corrected chi connectivity index (χ1v) is 16.3. The van der Waals surface area contributed by atoms with Gasteiger partial charge < -0.3 is 23.7 Å². The maximum Gasteiger partial charge on any atom is 0.183 e. The van der Waals surface area contributed by atoms with E-state index in [9.17, 15) is 0 Å². The van der Waals surface area contributed by atoms with Crippen molar-refractivity contribution in [1.82, 2.24) is 0 Å². The summed E-state index contributed by atoms with van der Waals surface area (Å²) in [5.41, 5.74) is 1.85. The fourth-order valence-corrected chi connectivity index (χ4v) is 5.40. The molecule has 3 rings (SSSR count). The van der Waals surface area contributed by atoms with Crippen LogP contribution in [0.3, 0.4) is 0 Å². The number of benzene rings is 2. The molecule has 1 heterocycles. The lowest BCUT2D eigenvalue weighted by molar-refractivity contribution is -0.255. The van der Waals surface area contributed by atoms with Gasteiger partial charge >= 0.3 is 0 Å². The average Bonchev–Trinajstić information content (AvgIpc) is 3.02. The van der Waals surface area contributed by atoms with Crippen LogP contribution in [0.25, 0.3) is 0 Å². The van der Waals surface area contributed by atoms with Crippen molar-refractivity contribution in [3.8, 4) is 5.75 Å². The number of ether oxygens (including phenoxy) is 5. The Morgan fingerprint density at radius 3 is 1.76 bits per heavy atom. The van der Waals surface area contributed by atoms with Gasteiger partial charge in [-0.15, -0.1) is 0 Å². The van der Waals surface area contributed by atoms with Crippen LogP contribution in [-0.4, -0.2) is 40.1 Å². The molecule has 0 radical (unpaired) electrons. The molecular formula is C36H56O5. The van der Waals surface area contributed by atoms with Gasteiger partial charge in [0.25, 0.3) is 0 Å². The van der Waals surface area contributed by atoms with Gasteiger partial charge in [0.15, 0.2) is 6.29 Å². The highest BCUT2D eigenvalue weighted by molar-refractivity contribution is 5.26. The molecule has 1 saturated heterocycles. The molecule has 0 unspecified atom stereocenters. The minimum Gasteiger partial charge on any atom is -0.497 e. The van der Waals surface area contributed by atoms with Gasteiger partial charge in [0, 0.05) is 12.2 Å². The predicted octanol–water partition coefficient (Wildman–Crippen LogP) is 9.44. The quantitative estimate of drug-likeness (QED) is 0.125. The standard InChI is InChI=1S/C36H56O5/c1-3-4-5-6-7-8-9-10-11-12-13-14-15-19-26-38-28-36(29-39-27-32-22-24-34(37-2)25-23-32)30-40-35(41-31-36)33-20-17-16-18-21-33/h16-18,20-25,35H,3-15,19,26-31H2,1-2H3. The first kappa shape index (κ1) is 33.6. The van der Waals surface area contributed by atoms with Crippen LogP contribution in [0.2, 0.25) is 0 Å². The van der Waals surface area contributed by atoms with E-state index in [0.29, 0.717) is 33.0 Å². The molecule has 2 aromatic rings. The first-order chi connectivity index (χ1) is 20.2. The van der Waals surface area contributed by atoms with Crippen molar-refractivity contribution in [2.24, 2.45) is 5.41 Å². The van der Waals surface area contributed by atoms with Gasteiger partial charge in [-0.25, -0.2) is 0 Å². The summed E-state index contributed by atoms with van der Waals surface area (Å²) in [4.78, 5) is 0. The molecule has 0 bridgehead atoms. The van der Waals surface area contributed by atoms with E-state index >= 15 is 0 Å². The molecule has 1 aliphatic rings. The van der Waals surface area contributed by atoms with E-state index in [4.69, 9.17) is 23.7 Å². The number of methoxy groups -OCH3 is 1. The van der Waals surface area contributed by atoms with Gasteiger partial charge in [-0.1, -0.05) is 133 Å². The van der Waals surface area contributed by atoms with E-state index in [-0.39, 0.29) is 11.7 Å². The Morgan fingerprint density at radius 1 is 0.659 bits per heavy atom. The van der Waals surface area contributed by atoms with Gasteiger partial charge in [-0.3, -0.25) is 0 Å². The number of hydrogen-bond donors (Lipinski definition) is 0. The zero-order chi connectivity index (χ0) is 28.9. The van der Waals surface area contributed by atoms with Crippen LogP contribution >= 0.6 is 0 Å². The maximum absolute atomic E-state index is 6.20. The summed E-state index contributed by atoms with van der Waals surface area (Å²) in [5.74, 6) is 0.850. The fraction of sp³-hybridized carbons (Fsp3) is 0.667. The third kappa shape index (κ3) is 13.7. The van der Waals surface area contributed by atoms with Crippen LogP contribution in [0.4, 0.5) is 0 Å². The normalized spacial score (nSPS) is 18.9. The zero-order valence-electron chi connectivity index (χ0n) is 26.0. The Bertz CT molecular complexity index is 877. The highest BCUT2D eigenvalue weighted by Crippen LogP contribution is 2.33. The van der Waals surface area contributed by atoms with Gasteiger partial charge in [-0.2, -0.15) is 0 Å². The number of unbranched alkanes of at least 4 members (excludes halogenated alkanes) is 13. The molecule has 41 heavy (non-hydrogen) atoms.